The largest absolute Gasteiger partial charge is 0.311 e. The summed E-state index contributed by atoms with van der Waals surface area (Å²) in [6.45, 7) is 1.32. The molecular weight excluding hydrogens is 234 g/mol. The zero-order valence-electron chi connectivity index (χ0n) is 9.93. The summed E-state index contributed by atoms with van der Waals surface area (Å²) in [5, 5.41) is 3.07. The van der Waals surface area contributed by atoms with Gasteiger partial charge in [-0.25, -0.2) is 8.42 Å². The Kier molecular flexibility index (Phi) is 4.18. The van der Waals surface area contributed by atoms with E-state index < -0.39 is 9.84 Å². The minimum atomic E-state index is -2.84. The van der Waals surface area contributed by atoms with Gasteiger partial charge in [0, 0.05) is 13.1 Å². The first-order chi connectivity index (χ1) is 8.18. The van der Waals surface area contributed by atoms with E-state index in [9.17, 15) is 8.42 Å². The van der Waals surface area contributed by atoms with E-state index in [-0.39, 0.29) is 5.25 Å². The molecule has 0 aliphatic carbocycles. The minimum Gasteiger partial charge on any atom is -0.311 e. The molecule has 1 saturated heterocycles. The molecule has 1 fully saturated rings. The van der Waals surface area contributed by atoms with Gasteiger partial charge in [0.15, 0.2) is 9.84 Å². The van der Waals surface area contributed by atoms with Gasteiger partial charge in [0.05, 0.1) is 11.0 Å². The van der Waals surface area contributed by atoms with E-state index in [0.29, 0.717) is 12.3 Å². The Bertz CT molecular complexity index is 442. The Morgan fingerprint density at radius 1 is 1.18 bits per heavy atom. The van der Waals surface area contributed by atoms with Gasteiger partial charge in [-0.1, -0.05) is 36.8 Å². The van der Waals surface area contributed by atoms with Gasteiger partial charge in [0.1, 0.15) is 0 Å². The second-order valence-corrected chi connectivity index (χ2v) is 7.00. The lowest BCUT2D eigenvalue weighted by Crippen LogP contribution is -2.37. The summed E-state index contributed by atoms with van der Waals surface area (Å²) in [7, 11) is -2.84. The molecule has 0 radical (unpaired) electrons. The maximum absolute atomic E-state index is 11.8. The third-order valence-electron chi connectivity index (χ3n) is 3.26. The van der Waals surface area contributed by atoms with Gasteiger partial charge in [-0.3, -0.25) is 0 Å². The SMILES string of the molecule is O=S1(=O)CCCCC1CNCc1ccccc1. The molecule has 94 valence electrons. The molecule has 17 heavy (non-hydrogen) atoms. The van der Waals surface area contributed by atoms with Crippen molar-refractivity contribution in [2.45, 2.75) is 31.1 Å². The van der Waals surface area contributed by atoms with Crippen molar-refractivity contribution in [2.75, 3.05) is 12.3 Å². The molecular formula is C13H19NO2S. The molecule has 1 aliphatic rings. The van der Waals surface area contributed by atoms with Gasteiger partial charge < -0.3 is 5.32 Å². The molecule has 0 saturated carbocycles. The Labute approximate surface area is 103 Å². The predicted octanol–water partition coefficient (Wildman–Crippen LogP) is 1.74. The monoisotopic (exact) mass is 253 g/mol. The summed E-state index contributed by atoms with van der Waals surface area (Å²) < 4.78 is 23.6. The van der Waals surface area contributed by atoms with Crippen LogP contribution in [0.4, 0.5) is 0 Å². The van der Waals surface area contributed by atoms with Crippen LogP contribution in [0, 0.1) is 0 Å². The second kappa shape index (κ2) is 5.65. The molecule has 3 nitrogen and oxygen atoms in total. The highest BCUT2D eigenvalue weighted by atomic mass is 32.2. The van der Waals surface area contributed by atoms with E-state index in [2.05, 4.69) is 5.32 Å². The number of benzene rings is 1. The van der Waals surface area contributed by atoms with Crippen LogP contribution in [0.5, 0.6) is 0 Å². The van der Waals surface area contributed by atoms with Crippen LogP contribution in [0.3, 0.4) is 0 Å². The molecule has 0 amide bonds. The van der Waals surface area contributed by atoms with E-state index in [4.69, 9.17) is 0 Å². The highest BCUT2D eigenvalue weighted by Gasteiger charge is 2.27. The fourth-order valence-electron chi connectivity index (χ4n) is 2.22. The molecule has 4 heteroatoms. The maximum atomic E-state index is 11.8. The summed E-state index contributed by atoms with van der Waals surface area (Å²) in [4.78, 5) is 0. The third kappa shape index (κ3) is 3.54. The molecule has 0 aromatic heterocycles. The minimum absolute atomic E-state index is 0.181. The van der Waals surface area contributed by atoms with Gasteiger partial charge in [0.25, 0.3) is 0 Å². The smallest absolute Gasteiger partial charge is 0.154 e. The Balaban J connectivity index is 1.82. The summed E-state index contributed by atoms with van der Waals surface area (Å²) in [6.07, 6.45) is 2.68. The van der Waals surface area contributed by atoms with Gasteiger partial charge >= 0.3 is 0 Å². The van der Waals surface area contributed by atoms with Gasteiger partial charge in [-0.2, -0.15) is 0 Å². The lowest BCUT2D eigenvalue weighted by molar-refractivity contribution is 0.520. The van der Waals surface area contributed by atoms with Crippen molar-refractivity contribution < 1.29 is 8.42 Å². The Morgan fingerprint density at radius 3 is 2.65 bits per heavy atom. The normalized spacial score (nSPS) is 23.4. The van der Waals surface area contributed by atoms with E-state index in [1.807, 2.05) is 30.3 Å². The molecule has 1 atom stereocenters. The van der Waals surface area contributed by atoms with Crippen LogP contribution in [-0.2, 0) is 16.4 Å². The van der Waals surface area contributed by atoms with Crippen LogP contribution < -0.4 is 5.32 Å². The fraction of sp³-hybridized carbons (Fsp3) is 0.538. The van der Waals surface area contributed by atoms with Crippen molar-refractivity contribution in [3.8, 4) is 0 Å². The van der Waals surface area contributed by atoms with Crippen molar-refractivity contribution in [1.29, 1.82) is 0 Å². The zero-order chi connectivity index (χ0) is 12.1. The lowest BCUT2D eigenvalue weighted by atomic mass is 10.2. The number of nitrogens with one attached hydrogen (secondary N) is 1. The van der Waals surface area contributed by atoms with Crippen molar-refractivity contribution in [1.82, 2.24) is 5.32 Å². The molecule has 1 aromatic rings. The molecule has 2 rings (SSSR count). The van der Waals surface area contributed by atoms with Crippen LogP contribution in [-0.4, -0.2) is 26.0 Å². The second-order valence-electron chi connectivity index (χ2n) is 4.60. The fourth-order valence-corrected chi connectivity index (χ4v) is 4.06. The zero-order valence-corrected chi connectivity index (χ0v) is 10.7. The predicted molar refractivity (Wildman–Crippen MR) is 69.6 cm³/mol. The van der Waals surface area contributed by atoms with Crippen LogP contribution in [0.1, 0.15) is 24.8 Å². The van der Waals surface area contributed by atoms with Crippen molar-refractivity contribution in [3.05, 3.63) is 35.9 Å². The van der Waals surface area contributed by atoms with Crippen molar-refractivity contribution in [2.24, 2.45) is 0 Å². The van der Waals surface area contributed by atoms with E-state index in [1.165, 1.54) is 5.56 Å². The highest BCUT2D eigenvalue weighted by molar-refractivity contribution is 7.92. The van der Waals surface area contributed by atoms with E-state index in [0.717, 1.165) is 25.8 Å². The quantitative estimate of drug-likeness (QED) is 0.889. The van der Waals surface area contributed by atoms with Crippen LogP contribution in [0.2, 0.25) is 0 Å². The summed E-state index contributed by atoms with van der Waals surface area (Å²) in [5.74, 6) is 0.366. The molecule has 1 aromatic carbocycles. The van der Waals surface area contributed by atoms with Crippen LogP contribution >= 0.6 is 0 Å². The van der Waals surface area contributed by atoms with Crippen molar-refractivity contribution >= 4 is 9.84 Å². The highest BCUT2D eigenvalue weighted by Crippen LogP contribution is 2.18. The van der Waals surface area contributed by atoms with E-state index in [1.54, 1.807) is 0 Å². The number of hydrogen-bond donors (Lipinski definition) is 1. The molecule has 1 unspecified atom stereocenters. The third-order valence-corrected chi connectivity index (χ3v) is 5.53. The average molecular weight is 253 g/mol. The van der Waals surface area contributed by atoms with E-state index >= 15 is 0 Å². The number of sulfone groups is 1. The average Bonchev–Trinajstić information content (AvgIpc) is 2.32. The Morgan fingerprint density at radius 2 is 1.94 bits per heavy atom. The molecule has 0 spiro atoms. The first-order valence-electron chi connectivity index (χ1n) is 6.15. The molecule has 1 N–H and O–H groups in total. The summed E-state index contributed by atoms with van der Waals surface area (Å²) >= 11 is 0. The lowest BCUT2D eigenvalue weighted by Gasteiger charge is -2.22. The van der Waals surface area contributed by atoms with Gasteiger partial charge in [-0.15, -0.1) is 0 Å². The summed E-state index contributed by atoms with van der Waals surface area (Å²) in [5.41, 5.74) is 1.20. The van der Waals surface area contributed by atoms with Crippen LogP contribution in [0.25, 0.3) is 0 Å². The first kappa shape index (κ1) is 12.6. The molecule has 1 aliphatic heterocycles. The maximum Gasteiger partial charge on any atom is 0.154 e. The molecule has 1 heterocycles. The first-order valence-corrected chi connectivity index (χ1v) is 7.86. The number of hydrogen-bond acceptors (Lipinski definition) is 3. The Hall–Kier alpha value is -0.870. The van der Waals surface area contributed by atoms with Gasteiger partial charge in [0.2, 0.25) is 0 Å². The standard InChI is InChI=1S/C13H19NO2S/c15-17(16)9-5-4-8-13(17)11-14-10-12-6-2-1-3-7-12/h1-3,6-7,13-14H,4-5,8-11H2. The summed E-state index contributed by atoms with van der Waals surface area (Å²) in [6, 6.07) is 10.1. The topological polar surface area (TPSA) is 46.2 Å². The number of rotatable bonds is 4. The molecule has 0 bridgehead atoms. The van der Waals surface area contributed by atoms with Crippen LogP contribution in [0.15, 0.2) is 30.3 Å². The van der Waals surface area contributed by atoms with Gasteiger partial charge in [-0.05, 0) is 18.4 Å². The van der Waals surface area contributed by atoms with Crippen molar-refractivity contribution in [3.63, 3.8) is 0 Å².